The van der Waals surface area contributed by atoms with Gasteiger partial charge in [-0.2, -0.15) is 0 Å². The summed E-state index contributed by atoms with van der Waals surface area (Å²) in [5, 5.41) is 8.51. The lowest BCUT2D eigenvalue weighted by Gasteiger charge is -1.98. The minimum atomic E-state index is -0.676. The molecule has 0 saturated carbocycles. The van der Waals surface area contributed by atoms with Crippen LogP contribution < -0.4 is 0 Å². The number of carbonyl (C=O) groups is 1. The molecule has 21 heavy (non-hydrogen) atoms. The number of carboxylic acids is 1. The maximum absolute atomic E-state index is 10.3. The lowest BCUT2D eigenvalue weighted by atomic mass is 10.1. The molecule has 1 aliphatic rings. The number of epoxide rings is 1. The van der Waals surface area contributed by atoms with Gasteiger partial charge in [0.2, 0.25) is 0 Å². The summed E-state index contributed by atoms with van der Waals surface area (Å²) >= 11 is 0. The highest BCUT2D eigenvalue weighted by atomic mass is 16.6. The van der Waals surface area contributed by atoms with Crippen molar-refractivity contribution in [2.24, 2.45) is 0 Å². The summed E-state index contributed by atoms with van der Waals surface area (Å²) in [5.74, 6) is -0.676. The fourth-order valence-electron chi connectivity index (χ4n) is 2.43. The molecule has 1 fully saturated rings. The summed E-state index contributed by atoms with van der Waals surface area (Å²) in [5.41, 5.74) is 0. The predicted molar refractivity (Wildman–Crippen MR) is 86.4 cm³/mol. The molecule has 0 bridgehead atoms. The molecule has 1 saturated heterocycles. The van der Waals surface area contributed by atoms with Crippen LogP contribution in [0.15, 0.2) is 24.3 Å². The fourth-order valence-corrected chi connectivity index (χ4v) is 2.43. The van der Waals surface area contributed by atoms with Gasteiger partial charge in [0.05, 0.1) is 12.2 Å². The van der Waals surface area contributed by atoms with Crippen LogP contribution in [0.1, 0.15) is 71.1 Å². The molecule has 0 aliphatic carbocycles. The normalized spacial score (nSPS) is 21.4. The van der Waals surface area contributed by atoms with Crippen LogP contribution in [0.5, 0.6) is 0 Å². The van der Waals surface area contributed by atoms with Crippen molar-refractivity contribution >= 4 is 5.97 Å². The van der Waals surface area contributed by atoms with E-state index in [1.54, 1.807) is 0 Å². The van der Waals surface area contributed by atoms with E-state index in [2.05, 4.69) is 31.2 Å². The number of carboxylic acid groups (broad SMARTS) is 1. The summed E-state index contributed by atoms with van der Waals surface area (Å²) in [6.07, 6.45) is 20.0. The highest BCUT2D eigenvalue weighted by Gasteiger charge is 2.35. The van der Waals surface area contributed by atoms with Crippen LogP contribution in [0.3, 0.4) is 0 Å². The summed E-state index contributed by atoms with van der Waals surface area (Å²) < 4.78 is 5.48. The Balaban J connectivity index is 1.80. The molecule has 0 spiro atoms. The first kappa shape index (κ1) is 18.0. The third-order valence-corrected chi connectivity index (χ3v) is 3.83. The smallest absolute Gasteiger partial charge is 0.303 e. The topological polar surface area (TPSA) is 49.8 Å². The summed E-state index contributed by atoms with van der Waals surface area (Å²) in [4.78, 5) is 10.3. The summed E-state index contributed by atoms with van der Waals surface area (Å²) in [7, 11) is 0. The van der Waals surface area contributed by atoms with Gasteiger partial charge in [0.15, 0.2) is 0 Å². The number of unbranched alkanes of at least 4 members (excludes halogenated alkanes) is 5. The van der Waals surface area contributed by atoms with E-state index in [9.17, 15) is 4.79 Å². The van der Waals surface area contributed by atoms with Crippen LogP contribution in [-0.2, 0) is 9.53 Å². The lowest BCUT2D eigenvalue weighted by Crippen LogP contribution is -1.93. The van der Waals surface area contributed by atoms with E-state index < -0.39 is 5.97 Å². The van der Waals surface area contributed by atoms with E-state index >= 15 is 0 Å². The molecule has 1 rings (SSSR count). The van der Waals surface area contributed by atoms with Gasteiger partial charge in [0.25, 0.3) is 0 Å². The lowest BCUT2D eigenvalue weighted by molar-refractivity contribution is -0.137. The molecule has 0 aromatic rings. The second-order valence-corrected chi connectivity index (χ2v) is 5.74. The molecule has 0 aromatic carbocycles. The molecule has 0 unspecified atom stereocenters. The molecule has 1 aliphatic heterocycles. The minimum Gasteiger partial charge on any atom is -0.481 e. The van der Waals surface area contributed by atoms with Gasteiger partial charge in [0.1, 0.15) is 0 Å². The fraction of sp³-hybridized carbons (Fsp3) is 0.722. The van der Waals surface area contributed by atoms with Crippen LogP contribution in [0.2, 0.25) is 0 Å². The zero-order valence-electron chi connectivity index (χ0n) is 13.3. The molecule has 2 atom stereocenters. The molecule has 0 aromatic heterocycles. The van der Waals surface area contributed by atoms with Crippen molar-refractivity contribution in [2.45, 2.75) is 83.3 Å². The second kappa shape index (κ2) is 11.6. The molecule has 1 N–H and O–H groups in total. The maximum atomic E-state index is 10.3. The molecule has 120 valence electrons. The van der Waals surface area contributed by atoms with Crippen molar-refractivity contribution in [3.05, 3.63) is 24.3 Å². The van der Waals surface area contributed by atoms with Gasteiger partial charge in [-0.05, 0) is 38.5 Å². The van der Waals surface area contributed by atoms with Gasteiger partial charge in [-0.25, -0.2) is 0 Å². The largest absolute Gasteiger partial charge is 0.481 e. The predicted octanol–water partition coefficient (Wildman–Crippen LogP) is 4.87. The molecule has 0 amide bonds. The Morgan fingerprint density at radius 3 is 2.43 bits per heavy atom. The van der Waals surface area contributed by atoms with Crippen molar-refractivity contribution < 1.29 is 14.6 Å². The Bertz CT molecular complexity index is 333. The molecule has 0 radical (unpaired) electrons. The van der Waals surface area contributed by atoms with Crippen LogP contribution in [0.4, 0.5) is 0 Å². The molecular formula is C18H30O3. The minimum absolute atomic E-state index is 0.317. The number of rotatable bonds is 13. The zero-order valence-corrected chi connectivity index (χ0v) is 13.3. The van der Waals surface area contributed by atoms with Crippen molar-refractivity contribution in [1.82, 2.24) is 0 Å². The van der Waals surface area contributed by atoms with E-state index in [-0.39, 0.29) is 0 Å². The Hall–Kier alpha value is -1.09. The van der Waals surface area contributed by atoms with E-state index in [0.717, 1.165) is 44.9 Å². The Labute approximate surface area is 129 Å². The molecule has 1 heterocycles. The van der Waals surface area contributed by atoms with Gasteiger partial charge in [-0.15, -0.1) is 0 Å². The highest BCUT2D eigenvalue weighted by Crippen LogP contribution is 2.28. The van der Waals surface area contributed by atoms with Gasteiger partial charge in [-0.1, -0.05) is 50.5 Å². The number of allylic oxidation sites excluding steroid dienone is 3. The standard InChI is InChI=1S/C18H30O3/c1-2-16-17(21-16)14-12-10-8-6-4-3-5-7-9-11-13-15-18(19)20/h4,6,10,12,16-17H,2-3,5,7-9,11,13-15H2,1H3,(H,19,20)/t16-,17+/m0/s1. The second-order valence-electron chi connectivity index (χ2n) is 5.74. The third kappa shape index (κ3) is 10.3. The Morgan fingerprint density at radius 2 is 1.71 bits per heavy atom. The van der Waals surface area contributed by atoms with Crippen molar-refractivity contribution in [1.29, 1.82) is 0 Å². The summed E-state index contributed by atoms with van der Waals surface area (Å²) in [6, 6.07) is 0. The Kier molecular flexibility index (Phi) is 9.88. The quantitative estimate of drug-likeness (QED) is 0.299. The molecular weight excluding hydrogens is 264 g/mol. The Morgan fingerprint density at radius 1 is 1.00 bits per heavy atom. The van der Waals surface area contributed by atoms with Crippen molar-refractivity contribution in [3.8, 4) is 0 Å². The maximum Gasteiger partial charge on any atom is 0.303 e. The van der Waals surface area contributed by atoms with Gasteiger partial charge >= 0.3 is 5.97 Å². The van der Waals surface area contributed by atoms with Crippen LogP contribution in [-0.4, -0.2) is 23.3 Å². The van der Waals surface area contributed by atoms with Crippen molar-refractivity contribution in [2.75, 3.05) is 0 Å². The molecule has 3 nitrogen and oxygen atoms in total. The van der Waals surface area contributed by atoms with E-state index in [1.165, 1.54) is 12.8 Å². The first-order valence-corrected chi connectivity index (χ1v) is 8.41. The van der Waals surface area contributed by atoms with E-state index in [0.29, 0.717) is 18.6 Å². The molecule has 3 heteroatoms. The van der Waals surface area contributed by atoms with E-state index in [4.69, 9.17) is 9.84 Å². The third-order valence-electron chi connectivity index (χ3n) is 3.83. The monoisotopic (exact) mass is 294 g/mol. The van der Waals surface area contributed by atoms with Gasteiger partial charge in [0, 0.05) is 6.42 Å². The van der Waals surface area contributed by atoms with E-state index in [1.807, 2.05) is 0 Å². The van der Waals surface area contributed by atoms with Crippen molar-refractivity contribution in [3.63, 3.8) is 0 Å². The number of aliphatic carboxylic acids is 1. The average Bonchev–Trinajstić information content (AvgIpc) is 3.22. The highest BCUT2D eigenvalue weighted by molar-refractivity contribution is 5.66. The average molecular weight is 294 g/mol. The zero-order chi connectivity index (χ0) is 15.3. The van der Waals surface area contributed by atoms with Gasteiger partial charge < -0.3 is 9.84 Å². The van der Waals surface area contributed by atoms with Gasteiger partial charge in [-0.3, -0.25) is 4.79 Å². The van der Waals surface area contributed by atoms with Crippen LogP contribution >= 0.6 is 0 Å². The van der Waals surface area contributed by atoms with Crippen LogP contribution in [0, 0.1) is 0 Å². The first-order chi connectivity index (χ1) is 10.2. The number of hydrogen-bond donors (Lipinski definition) is 1. The van der Waals surface area contributed by atoms with Crippen LogP contribution in [0.25, 0.3) is 0 Å². The summed E-state index contributed by atoms with van der Waals surface area (Å²) in [6.45, 7) is 2.17. The SMILES string of the molecule is CC[C@@H]1O[C@@H]1CC=CCC=CCCCCCCCC(=O)O. The number of ether oxygens (including phenoxy) is 1. The first-order valence-electron chi connectivity index (χ1n) is 8.41. The number of hydrogen-bond acceptors (Lipinski definition) is 2.